The average molecular weight is 1530 g/mol. The first kappa shape index (κ1) is 70.3. The minimum absolute atomic E-state index is 0. The molecule has 0 fully saturated rings. The van der Waals surface area contributed by atoms with Crippen molar-refractivity contribution in [3.8, 4) is 11.1 Å². The predicted molar refractivity (Wildman–Crippen MR) is 378 cm³/mol. The number of furan rings is 4. The van der Waals surface area contributed by atoms with E-state index in [4.69, 9.17) is 37.6 Å². The number of benzene rings is 10. The maximum Gasteiger partial charge on any atom is 0.488 e. The monoisotopic (exact) mass is 1530 g/mol. The number of para-hydroxylation sites is 5. The molecule has 3 N–H and O–H groups in total. The fourth-order valence-corrected chi connectivity index (χ4v) is 9.00. The molecule has 0 amide bonds. The Morgan fingerprint density at radius 2 is 0.659 bits per heavy atom. The van der Waals surface area contributed by atoms with Gasteiger partial charge in [0.15, 0.2) is 0 Å². The van der Waals surface area contributed by atoms with Crippen LogP contribution < -0.4 is 5.46 Å². The van der Waals surface area contributed by atoms with Crippen molar-refractivity contribution in [1.29, 1.82) is 0 Å². The van der Waals surface area contributed by atoms with Gasteiger partial charge in [-0.25, -0.2) is 0 Å². The second-order valence-electron chi connectivity index (χ2n) is 16.6. The first-order valence-corrected chi connectivity index (χ1v) is 32.8. The number of aliphatic carboxylic acids is 1. The van der Waals surface area contributed by atoms with Gasteiger partial charge in [-0.15, -0.1) is 0 Å². The van der Waals surface area contributed by atoms with Crippen molar-refractivity contribution in [1.82, 2.24) is 0 Å². The first-order chi connectivity index (χ1) is 38.6. The number of halogens is 6. The van der Waals surface area contributed by atoms with Gasteiger partial charge in [0, 0.05) is 86.3 Å². The zero-order valence-electron chi connectivity index (χ0n) is 42.7. The van der Waals surface area contributed by atoms with Gasteiger partial charge in [-0.1, -0.05) is 228 Å². The van der Waals surface area contributed by atoms with E-state index in [0.29, 0.717) is 5.46 Å². The number of carbonyl (C=O) groups is 1. The number of fused-ring (bicyclic) bond motifs is 12. The second kappa shape index (κ2) is 36.5. The molecule has 0 spiro atoms. The van der Waals surface area contributed by atoms with Gasteiger partial charge in [-0.2, -0.15) is 0 Å². The molecule has 4 heterocycles. The molecule has 424 valence electrons. The zero-order chi connectivity index (χ0) is 56.7. The molecule has 0 aliphatic heterocycles. The van der Waals surface area contributed by atoms with Gasteiger partial charge in [-0.05, 0) is 130 Å². The summed E-state index contributed by atoms with van der Waals surface area (Å²) in [7, 11) is -1.45. The van der Waals surface area contributed by atoms with Crippen LogP contribution in [0.5, 0.6) is 0 Å². The standard InChI is InChI=1S/C18H12O.C12H9BO3.C12H7BrO.C12H8O.C6H5I.C2H4O2.2CH3Br.3CH4.Br2/c1-2-6-13(7-3-1)14-10-11-18-16(12-14)15-8-4-5-9-17(15)19-18;14-13(15)8-5-6-12-10(7-8)9-3-1-2-4-11(9)16-12;13-8-5-6-12-10(7-8)9-3-1-2-4-11(9)14-12;1-3-7-11-9(5-1)10-6-2-4-8-12(10)13-11;7-6-4-2-1-3-5-6;1-2(3)4;2*1-2;;;;1-2/h1-12H;1-7,14-15H;1-7H;1-8H;1-5H;1H3,(H,3,4);2*1H3;3*1H4;. The molecule has 0 atom stereocenters. The SMILES string of the molecule is BrBr.Brc1ccc2oc3ccccc3c2c1.C.C.C.CBr.CBr.CC(=O)O.Ic1ccccc1.OB(O)c1ccc2oc3ccccc3c2c1.c1ccc(-c2ccc3oc4ccccc4c3c2)cc1.c1ccc2c(c1)oc1ccccc12. The van der Waals surface area contributed by atoms with Crippen molar-refractivity contribution in [3.05, 3.63) is 245 Å². The van der Waals surface area contributed by atoms with E-state index in [9.17, 15) is 0 Å². The number of carboxylic acids is 1. The van der Waals surface area contributed by atoms with Gasteiger partial charge in [0.05, 0.1) is 0 Å². The number of alkyl halides is 2. The van der Waals surface area contributed by atoms with Crippen LogP contribution in [0.25, 0.3) is 98.9 Å². The van der Waals surface area contributed by atoms with Crippen molar-refractivity contribution < 1.29 is 37.6 Å². The van der Waals surface area contributed by atoms with E-state index >= 15 is 0 Å². The van der Waals surface area contributed by atoms with E-state index in [0.717, 1.165) is 72.2 Å². The third kappa shape index (κ3) is 19.0. The lowest BCUT2D eigenvalue weighted by atomic mass is 9.80. The van der Waals surface area contributed by atoms with Crippen LogP contribution >= 0.6 is 98.6 Å². The third-order valence-electron chi connectivity index (χ3n) is 11.5. The molecular weight excluding hydrogens is 1470 g/mol. The topological polar surface area (TPSA) is 130 Å². The summed E-state index contributed by atoms with van der Waals surface area (Å²) in [4.78, 5) is 9.00. The Hall–Kier alpha value is -6.02. The van der Waals surface area contributed by atoms with E-state index in [1.807, 2.05) is 145 Å². The molecular formula is C67H63BBr5IO8. The van der Waals surface area contributed by atoms with Gasteiger partial charge in [0.1, 0.15) is 44.7 Å². The molecule has 0 aliphatic rings. The molecule has 0 radical (unpaired) electrons. The van der Waals surface area contributed by atoms with Crippen LogP contribution in [0.15, 0.2) is 259 Å². The molecule has 0 aliphatic carbocycles. The Morgan fingerprint density at radius 3 is 1.01 bits per heavy atom. The van der Waals surface area contributed by atoms with Crippen molar-refractivity contribution in [2.75, 3.05) is 11.7 Å². The molecule has 15 heteroatoms. The molecule has 0 bridgehead atoms. The summed E-state index contributed by atoms with van der Waals surface area (Å²) in [6.45, 7) is 1.08. The van der Waals surface area contributed by atoms with E-state index in [-0.39, 0.29) is 22.3 Å². The lowest BCUT2D eigenvalue weighted by molar-refractivity contribution is -0.134. The van der Waals surface area contributed by atoms with Crippen LogP contribution in [0.4, 0.5) is 0 Å². The van der Waals surface area contributed by atoms with E-state index in [2.05, 4.69) is 184 Å². The Labute approximate surface area is 534 Å². The highest BCUT2D eigenvalue weighted by Crippen LogP contribution is 2.33. The fourth-order valence-electron chi connectivity index (χ4n) is 8.23. The summed E-state index contributed by atoms with van der Waals surface area (Å²) in [6.07, 6.45) is 0. The van der Waals surface area contributed by atoms with E-state index < -0.39 is 13.1 Å². The number of hydrogen-bond donors (Lipinski definition) is 3. The molecule has 0 unspecified atom stereocenters. The van der Waals surface area contributed by atoms with E-state index in [1.165, 1.54) is 41.6 Å². The highest BCUT2D eigenvalue weighted by atomic mass is 127. The minimum Gasteiger partial charge on any atom is -0.481 e. The van der Waals surface area contributed by atoms with Crippen molar-refractivity contribution in [2.45, 2.75) is 29.2 Å². The second-order valence-corrected chi connectivity index (χ2v) is 18.7. The van der Waals surface area contributed by atoms with Crippen molar-refractivity contribution >= 4 is 205 Å². The number of carboxylic acid groups (broad SMARTS) is 1. The average Bonchev–Trinajstić information content (AvgIpc) is 4.40. The maximum atomic E-state index is 9.12. The van der Waals surface area contributed by atoms with Crippen LogP contribution in [-0.2, 0) is 4.79 Å². The lowest BCUT2D eigenvalue weighted by Gasteiger charge is -2.00. The molecule has 0 saturated heterocycles. The molecule has 4 aromatic heterocycles. The van der Waals surface area contributed by atoms with Crippen LogP contribution in [0.2, 0.25) is 0 Å². The molecule has 10 aromatic carbocycles. The van der Waals surface area contributed by atoms with Crippen LogP contribution in [0.1, 0.15) is 29.2 Å². The van der Waals surface area contributed by atoms with Crippen LogP contribution in [0, 0.1) is 3.57 Å². The Kier molecular flexibility index (Phi) is 31.3. The summed E-state index contributed by atoms with van der Waals surface area (Å²) in [5.74, 6) is 2.79. The van der Waals surface area contributed by atoms with Gasteiger partial charge in [0.2, 0.25) is 0 Å². The number of rotatable bonds is 2. The summed E-state index contributed by atoms with van der Waals surface area (Å²) in [5, 5.41) is 34.6. The lowest BCUT2D eigenvalue weighted by Crippen LogP contribution is -2.29. The van der Waals surface area contributed by atoms with Gasteiger partial charge in [0.25, 0.3) is 5.97 Å². The van der Waals surface area contributed by atoms with Crippen LogP contribution in [0.3, 0.4) is 0 Å². The fraction of sp³-hybridized carbons (Fsp3) is 0.0896. The minimum atomic E-state index is -1.45. The summed E-state index contributed by atoms with van der Waals surface area (Å²) >= 11 is 17.1. The highest BCUT2D eigenvalue weighted by Gasteiger charge is 2.14. The maximum absolute atomic E-state index is 9.12. The largest absolute Gasteiger partial charge is 0.488 e. The summed E-state index contributed by atoms with van der Waals surface area (Å²) in [6, 6.07) is 78.3. The summed E-state index contributed by atoms with van der Waals surface area (Å²) in [5.41, 5.74) is 10.2. The Morgan fingerprint density at radius 1 is 0.378 bits per heavy atom. The van der Waals surface area contributed by atoms with Crippen molar-refractivity contribution in [3.63, 3.8) is 0 Å². The first-order valence-electron chi connectivity index (χ1n) is 24.1. The smallest absolute Gasteiger partial charge is 0.481 e. The van der Waals surface area contributed by atoms with Gasteiger partial charge < -0.3 is 32.8 Å². The molecule has 0 saturated carbocycles. The molecule has 14 aromatic rings. The van der Waals surface area contributed by atoms with Crippen LogP contribution in [-0.4, -0.2) is 39.9 Å². The molecule has 8 nitrogen and oxygen atoms in total. The normalized spacial score (nSPS) is 9.70. The zero-order valence-corrected chi connectivity index (χ0v) is 52.8. The Balaban J connectivity index is 0.000000261. The van der Waals surface area contributed by atoms with Gasteiger partial charge >= 0.3 is 7.12 Å². The quantitative estimate of drug-likeness (QED) is 0.0886. The predicted octanol–water partition coefficient (Wildman–Crippen LogP) is 22.5. The number of hydrogen-bond acceptors (Lipinski definition) is 7. The van der Waals surface area contributed by atoms with E-state index in [1.54, 1.807) is 18.2 Å². The Bertz CT molecular complexity index is 4070. The molecule has 14 rings (SSSR count). The third-order valence-corrected chi connectivity index (χ3v) is 12.8. The van der Waals surface area contributed by atoms with Crippen molar-refractivity contribution in [2.24, 2.45) is 0 Å². The summed E-state index contributed by atoms with van der Waals surface area (Å²) < 4.78 is 25.2. The molecule has 82 heavy (non-hydrogen) atoms. The van der Waals surface area contributed by atoms with Gasteiger partial charge in [-0.3, -0.25) is 4.79 Å². The highest BCUT2D eigenvalue weighted by molar-refractivity contribution is 14.1.